The van der Waals surface area contributed by atoms with E-state index in [0.717, 1.165) is 43.1 Å². The molecule has 0 atom stereocenters. The van der Waals surface area contributed by atoms with Crippen LogP contribution in [-0.4, -0.2) is 35.3 Å². The highest BCUT2D eigenvalue weighted by atomic mass is 35.5. The number of halogens is 1. The van der Waals surface area contributed by atoms with E-state index in [2.05, 4.69) is 15.5 Å². The molecule has 0 bridgehead atoms. The van der Waals surface area contributed by atoms with Crippen molar-refractivity contribution in [3.8, 4) is 0 Å². The standard InChI is InChI=1S/C24H30ClN3O2/c1-24(2,3)27-23(30)19-9-5-7-11-21(19)26-22(29)17-12-14-28(15-13-17)16-18-8-4-6-10-20(18)25/h4-11,17H,12-16H2,1-3H3,(H,26,29)(H,27,30). The summed E-state index contributed by atoms with van der Waals surface area (Å²) in [6.07, 6.45) is 1.57. The van der Waals surface area contributed by atoms with E-state index >= 15 is 0 Å². The first-order valence-corrected chi connectivity index (χ1v) is 10.8. The molecule has 0 unspecified atom stereocenters. The highest BCUT2D eigenvalue weighted by Gasteiger charge is 2.26. The lowest BCUT2D eigenvalue weighted by Crippen LogP contribution is -2.41. The van der Waals surface area contributed by atoms with Crippen molar-refractivity contribution in [3.63, 3.8) is 0 Å². The number of carbonyl (C=O) groups is 2. The molecule has 6 heteroatoms. The van der Waals surface area contributed by atoms with Crippen LogP contribution in [-0.2, 0) is 11.3 Å². The van der Waals surface area contributed by atoms with Crippen LogP contribution >= 0.6 is 11.6 Å². The average molecular weight is 428 g/mol. The largest absolute Gasteiger partial charge is 0.347 e. The molecule has 1 heterocycles. The first kappa shape index (κ1) is 22.3. The van der Waals surface area contributed by atoms with Gasteiger partial charge in [0.25, 0.3) is 5.91 Å². The molecule has 0 radical (unpaired) electrons. The molecule has 160 valence electrons. The van der Waals surface area contributed by atoms with Gasteiger partial charge >= 0.3 is 0 Å². The van der Waals surface area contributed by atoms with Crippen LogP contribution in [0.25, 0.3) is 0 Å². The third-order valence-electron chi connectivity index (χ3n) is 5.23. The van der Waals surface area contributed by atoms with E-state index in [9.17, 15) is 9.59 Å². The Bertz CT molecular complexity index is 899. The fourth-order valence-corrected chi connectivity index (χ4v) is 3.85. The number of nitrogens with one attached hydrogen (secondary N) is 2. The molecular weight excluding hydrogens is 398 g/mol. The van der Waals surface area contributed by atoms with Gasteiger partial charge in [-0.3, -0.25) is 14.5 Å². The summed E-state index contributed by atoms with van der Waals surface area (Å²) < 4.78 is 0. The minimum absolute atomic E-state index is 0.0246. The number of para-hydroxylation sites is 1. The van der Waals surface area contributed by atoms with Crippen molar-refractivity contribution in [3.05, 3.63) is 64.7 Å². The molecule has 30 heavy (non-hydrogen) atoms. The SMILES string of the molecule is CC(C)(C)NC(=O)c1ccccc1NC(=O)C1CCN(Cc2ccccc2Cl)CC1. The summed E-state index contributed by atoms with van der Waals surface area (Å²) in [6.45, 7) is 8.28. The summed E-state index contributed by atoms with van der Waals surface area (Å²) in [4.78, 5) is 27.8. The van der Waals surface area contributed by atoms with Crippen molar-refractivity contribution in [2.24, 2.45) is 5.92 Å². The van der Waals surface area contributed by atoms with Crippen molar-refractivity contribution < 1.29 is 9.59 Å². The lowest BCUT2D eigenvalue weighted by molar-refractivity contribution is -0.121. The summed E-state index contributed by atoms with van der Waals surface area (Å²) >= 11 is 6.27. The lowest BCUT2D eigenvalue weighted by atomic mass is 9.95. The number of rotatable bonds is 5. The van der Waals surface area contributed by atoms with Gasteiger partial charge in [0.1, 0.15) is 0 Å². The number of hydrogen-bond acceptors (Lipinski definition) is 3. The van der Waals surface area contributed by atoms with Gasteiger partial charge in [0, 0.05) is 23.0 Å². The molecule has 5 nitrogen and oxygen atoms in total. The van der Waals surface area contributed by atoms with Crippen molar-refractivity contribution >= 4 is 29.1 Å². The van der Waals surface area contributed by atoms with Crippen molar-refractivity contribution in [2.75, 3.05) is 18.4 Å². The van der Waals surface area contributed by atoms with Crippen LogP contribution in [0.5, 0.6) is 0 Å². The Kier molecular flexibility index (Phi) is 7.16. The van der Waals surface area contributed by atoms with Crippen LogP contribution < -0.4 is 10.6 Å². The summed E-state index contributed by atoms with van der Waals surface area (Å²) in [6, 6.07) is 15.0. The number of amides is 2. The smallest absolute Gasteiger partial charge is 0.253 e. The highest BCUT2D eigenvalue weighted by molar-refractivity contribution is 6.31. The van der Waals surface area contributed by atoms with Gasteiger partial charge in [-0.25, -0.2) is 0 Å². The Morgan fingerprint density at radius 2 is 1.67 bits per heavy atom. The third kappa shape index (κ3) is 6.07. The normalized spacial score (nSPS) is 15.6. The summed E-state index contributed by atoms with van der Waals surface area (Å²) in [5.41, 5.74) is 1.81. The zero-order chi connectivity index (χ0) is 21.7. The molecule has 1 aliphatic rings. The quantitative estimate of drug-likeness (QED) is 0.725. The van der Waals surface area contributed by atoms with Crippen LogP contribution in [0.2, 0.25) is 5.02 Å². The lowest BCUT2D eigenvalue weighted by Gasteiger charge is -2.31. The van der Waals surface area contributed by atoms with Gasteiger partial charge in [0.05, 0.1) is 11.3 Å². The number of hydrogen-bond donors (Lipinski definition) is 2. The second-order valence-corrected chi connectivity index (χ2v) is 9.29. The van der Waals surface area contributed by atoms with Gasteiger partial charge in [0.15, 0.2) is 0 Å². The number of anilines is 1. The number of benzene rings is 2. The van der Waals surface area contributed by atoms with Crippen LogP contribution in [0, 0.1) is 5.92 Å². The van der Waals surface area contributed by atoms with Crippen LogP contribution in [0.1, 0.15) is 49.5 Å². The van der Waals surface area contributed by atoms with E-state index in [1.807, 2.05) is 51.1 Å². The van der Waals surface area contributed by atoms with E-state index in [0.29, 0.717) is 11.3 Å². The Morgan fingerprint density at radius 3 is 2.33 bits per heavy atom. The van der Waals surface area contributed by atoms with Gasteiger partial charge in [-0.1, -0.05) is 41.9 Å². The molecule has 2 aromatic rings. The molecule has 0 saturated carbocycles. The van der Waals surface area contributed by atoms with E-state index in [4.69, 9.17) is 11.6 Å². The molecule has 0 aromatic heterocycles. The minimum Gasteiger partial charge on any atom is -0.347 e. The average Bonchev–Trinajstić information content (AvgIpc) is 2.69. The Labute approximate surface area is 183 Å². The van der Waals surface area contributed by atoms with Crippen LogP contribution in [0.15, 0.2) is 48.5 Å². The second-order valence-electron chi connectivity index (χ2n) is 8.88. The predicted molar refractivity (Wildman–Crippen MR) is 122 cm³/mol. The fraction of sp³-hybridized carbons (Fsp3) is 0.417. The summed E-state index contributed by atoms with van der Waals surface area (Å²) in [5.74, 6) is -0.275. The van der Waals surface area contributed by atoms with E-state index < -0.39 is 0 Å². The predicted octanol–water partition coefficient (Wildman–Crippen LogP) is 4.72. The van der Waals surface area contributed by atoms with E-state index in [1.54, 1.807) is 18.2 Å². The van der Waals surface area contributed by atoms with Gasteiger partial charge in [0.2, 0.25) is 5.91 Å². The molecule has 2 aromatic carbocycles. The molecule has 0 spiro atoms. The molecule has 2 N–H and O–H groups in total. The minimum atomic E-state index is -0.345. The summed E-state index contributed by atoms with van der Waals surface area (Å²) in [5, 5.41) is 6.72. The Hall–Kier alpha value is -2.37. The van der Waals surface area contributed by atoms with E-state index in [1.165, 1.54) is 0 Å². The fourth-order valence-electron chi connectivity index (χ4n) is 3.65. The number of carbonyl (C=O) groups excluding carboxylic acids is 2. The van der Waals surface area contributed by atoms with Crippen molar-refractivity contribution in [1.29, 1.82) is 0 Å². The van der Waals surface area contributed by atoms with Crippen molar-refractivity contribution in [2.45, 2.75) is 45.7 Å². The molecule has 1 fully saturated rings. The Balaban J connectivity index is 1.58. The molecule has 2 amide bonds. The zero-order valence-corrected chi connectivity index (χ0v) is 18.6. The summed E-state index contributed by atoms with van der Waals surface area (Å²) in [7, 11) is 0. The molecular formula is C24H30ClN3O2. The number of nitrogens with zero attached hydrogens (tertiary/aromatic N) is 1. The maximum atomic E-state index is 12.9. The molecule has 1 aliphatic heterocycles. The van der Waals surface area contributed by atoms with Crippen LogP contribution in [0.3, 0.4) is 0 Å². The molecule has 3 rings (SSSR count). The molecule has 0 aliphatic carbocycles. The second kappa shape index (κ2) is 9.63. The Morgan fingerprint density at radius 1 is 1.03 bits per heavy atom. The highest BCUT2D eigenvalue weighted by Crippen LogP contribution is 2.24. The maximum absolute atomic E-state index is 12.9. The number of piperidine rings is 1. The molecule has 1 saturated heterocycles. The topological polar surface area (TPSA) is 61.4 Å². The number of likely N-dealkylation sites (tertiary alicyclic amines) is 1. The van der Waals surface area contributed by atoms with Crippen LogP contribution in [0.4, 0.5) is 5.69 Å². The van der Waals surface area contributed by atoms with Gasteiger partial charge in [-0.15, -0.1) is 0 Å². The maximum Gasteiger partial charge on any atom is 0.253 e. The van der Waals surface area contributed by atoms with Gasteiger partial charge in [-0.05, 0) is 70.5 Å². The first-order chi connectivity index (χ1) is 14.2. The van der Waals surface area contributed by atoms with Crippen molar-refractivity contribution in [1.82, 2.24) is 10.2 Å². The van der Waals surface area contributed by atoms with Gasteiger partial charge < -0.3 is 10.6 Å². The van der Waals surface area contributed by atoms with Gasteiger partial charge in [-0.2, -0.15) is 0 Å². The third-order valence-corrected chi connectivity index (χ3v) is 5.60. The van der Waals surface area contributed by atoms with E-state index in [-0.39, 0.29) is 23.3 Å². The first-order valence-electron chi connectivity index (χ1n) is 10.4. The monoisotopic (exact) mass is 427 g/mol. The zero-order valence-electron chi connectivity index (χ0n) is 17.9.